The fraction of sp³-hybridized carbons (Fsp3) is 0.357. The zero-order chi connectivity index (χ0) is 24.2. The van der Waals surface area contributed by atoms with Gasteiger partial charge in [-0.15, -0.1) is 0 Å². The van der Waals surface area contributed by atoms with Crippen LogP contribution in [0.15, 0.2) is 54.6 Å². The first-order valence-electron chi connectivity index (χ1n) is 11.7. The Balaban J connectivity index is 1.45. The molecule has 1 aliphatic heterocycles. The van der Waals surface area contributed by atoms with Crippen molar-refractivity contribution in [3.8, 4) is 11.5 Å². The molecule has 0 saturated carbocycles. The fourth-order valence-corrected chi connectivity index (χ4v) is 4.54. The average Bonchev–Trinajstić information content (AvgIpc) is 2.85. The number of rotatable bonds is 7. The van der Waals surface area contributed by atoms with Crippen molar-refractivity contribution in [2.75, 3.05) is 20.8 Å². The Hall–Kier alpha value is -3.54. The largest absolute Gasteiger partial charge is 0.493 e. The summed E-state index contributed by atoms with van der Waals surface area (Å²) < 4.78 is 10.8. The van der Waals surface area contributed by atoms with Crippen LogP contribution in [-0.2, 0) is 29.0 Å². The zero-order valence-electron chi connectivity index (χ0n) is 20.3. The quantitative estimate of drug-likeness (QED) is 0.576. The van der Waals surface area contributed by atoms with Gasteiger partial charge in [-0.2, -0.15) is 0 Å². The smallest absolute Gasteiger partial charge is 0.245 e. The number of hydrogen-bond donors (Lipinski definition) is 1. The minimum atomic E-state index is -0.574. The molecule has 1 heterocycles. The second-order valence-corrected chi connectivity index (χ2v) is 9.13. The molecule has 34 heavy (non-hydrogen) atoms. The molecule has 0 bridgehead atoms. The molecule has 4 rings (SSSR count). The number of amides is 2. The molecule has 2 amide bonds. The van der Waals surface area contributed by atoms with E-state index in [4.69, 9.17) is 9.47 Å². The lowest BCUT2D eigenvalue weighted by atomic mass is 9.96. The number of nitrogens with one attached hydrogen (secondary N) is 1. The van der Waals surface area contributed by atoms with Crippen LogP contribution in [0.1, 0.15) is 30.5 Å². The van der Waals surface area contributed by atoms with Crippen molar-refractivity contribution in [2.45, 2.75) is 39.3 Å². The van der Waals surface area contributed by atoms with Crippen molar-refractivity contribution < 1.29 is 19.1 Å². The highest BCUT2D eigenvalue weighted by Gasteiger charge is 2.31. The Labute approximate surface area is 200 Å². The molecule has 1 unspecified atom stereocenters. The monoisotopic (exact) mass is 460 g/mol. The molecule has 3 aromatic rings. The van der Waals surface area contributed by atoms with Crippen molar-refractivity contribution in [3.05, 3.63) is 71.3 Å². The van der Waals surface area contributed by atoms with Gasteiger partial charge in [-0.25, -0.2) is 0 Å². The Morgan fingerprint density at radius 2 is 1.62 bits per heavy atom. The molecule has 6 heteroatoms. The van der Waals surface area contributed by atoms with Crippen molar-refractivity contribution in [1.29, 1.82) is 0 Å². The summed E-state index contributed by atoms with van der Waals surface area (Å²) in [5.74, 6) is 1.12. The summed E-state index contributed by atoms with van der Waals surface area (Å²) in [5, 5.41) is 5.24. The Kier molecular flexibility index (Phi) is 7.06. The van der Waals surface area contributed by atoms with E-state index in [1.807, 2.05) is 67.3 Å². The molecular formula is C28H32N2O4. The van der Waals surface area contributed by atoms with E-state index in [9.17, 15) is 9.59 Å². The minimum Gasteiger partial charge on any atom is -0.493 e. The van der Waals surface area contributed by atoms with Crippen LogP contribution in [0, 0.1) is 5.92 Å². The summed E-state index contributed by atoms with van der Waals surface area (Å²) in [7, 11) is 3.23. The molecule has 6 nitrogen and oxygen atoms in total. The van der Waals surface area contributed by atoms with E-state index < -0.39 is 6.04 Å². The van der Waals surface area contributed by atoms with Gasteiger partial charge >= 0.3 is 0 Å². The first-order chi connectivity index (χ1) is 16.4. The average molecular weight is 461 g/mol. The second kappa shape index (κ2) is 10.2. The van der Waals surface area contributed by atoms with E-state index in [-0.39, 0.29) is 24.2 Å². The first kappa shape index (κ1) is 23.6. The molecule has 0 fully saturated rings. The van der Waals surface area contributed by atoms with Gasteiger partial charge in [0.1, 0.15) is 6.04 Å². The summed E-state index contributed by atoms with van der Waals surface area (Å²) in [6.45, 7) is 5.01. The number of methoxy groups -OCH3 is 2. The van der Waals surface area contributed by atoms with E-state index in [0.717, 1.165) is 33.9 Å². The topological polar surface area (TPSA) is 67.9 Å². The van der Waals surface area contributed by atoms with Gasteiger partial charge in [-0.05, 0) is 51.9 Å². The number of fused-ring (bicyclic) bond motifs is 2. The number of carbonyl (C=O) groups excluding carboxylic acids is 2. The zero-order valence-corrected chi connectivity index (χ0v) is 20.3. The Bertz CT molecular complexity index is 1200. The summed E-state index contributed by atoms with van der Waals surface area (Å²) in [5.41, 5.74) is 3.13. The third kappa shape index (κ3) is 5.01. The lowest BCUT2D eigenvalue weighted by molar-refractivity contribution is -0.138. The van der Waals surface area contributed by atoms with Gasteiger partial charge < -0.3 is 19.7 Å². The summed E-state index contributed by atoms with van der Waals surface area (Å²) >= 11 is 0. The maximum atomic E-state index is 13.4. The molecule has 178 valence electrons. The molecule has 0 radical (unpaired) electrons. The number of benzene rings is 3. The normalized spacial score (nSPS) is 14.0. The molecule has 0 aromatic heterocycles. The van der Waals surface area contributed by atoms with Crippen LogP contribution in [0.4, 0.5) is 0 Å². The van der Waals surface area contributed by atoms with Gasteiger partial charge in [0.15, 0.2) is 11.5 Å². The number of carbonyl (C=O) groups is 2. The number of hydrogen-bond acceptors (Lipinski definition) is 4. The van der Waals surface area contributed by atoms with Crippen LogP contribution in [-0.4, -0.2) is 43.5 Å². The molecule has 0 spiro atoms. The third-order valence-corrected chi connectivity index (χ3v) is 6.46. The second-order valence-electron chi connectivity index (χ2n) is 9.13. The SMILES string of the molecule is COc1cc2c(cc1OC)CN(C(=O)C(NC(=O)Cc1ccc3ccccc3c1)C(C)C)CC2. The van der Waals surface area contributed by atoms with Crippen LogP contribution in [0.25, 0.3) is 10.8 Å². The third-order valence-electron chi connectivity index (χ3n) is 6.46. The van der Waals surface area contributed by atoms with Gasteiger partial charge in [-0.1, -0.05) is 56.3 Å². The van der Waals surface area contributed by atoms with Crippen molar-refractivity contribution >= 4 is 22.6 Å². The fourth-order valence-electron chi connectivity index (χ4n) is 4.54. The molecular weight excluding hydrogens is 428 g/mol. The van der Waals surface area contributed by atoms with Gasteiger partial charge in [0, 0.05) is 13.1 Å². The van der Waals surface area contributed by atoms with Gasteiger partial charge in [0.25, 0.3) is 0 Å². The van der Waals surface area contributed by atoms with Gasteiger partial charge in [0.2, 0.25) is 11.8 Å². The standard InChI is InChI=1S/C28H32N2O4/c1-18(2)27(29-26(31)14-19-9-10-20-7-5-6-8-21(20)13-19)28(32)30-12-11-22-15-24(33-3)25(34-4)16-23(22)17-30/h5-10,13,15-16,18,27H,11-12,14,17H2,1-4H3,(H,29,31). The van der Waals surface area contributed by atoms with Crippen LogP contribution >= 0.6 is 0 Å². The van der Waals surface area contributed by atoms with Gasteiger partial charge in [0.05, 0.1) is 20.6 Å². The number of ether oxygens (including phenoxy) is 2. The maximum absolute atomic E-state index is 13.4. The molecule has 1 N–H and O–H groups in total. The lowest BCUT2D eigenvalue weighted by Gasteiger charge is -2.33. The Morgan fingerprint density at radius 3 is 2.29 bits per heavy atom. The lowest BCUT2D eigenvalue weighted by Crippen LogP contribution is -2.52. The van der Waals surface area contributed by atoms with Crippen LogP contribution < -0.4 is 14.8 Å². The van der Waals surface area contributed by atoms with Crippen molar-refractivity contribution in [2.24, 2.45) is 5.92 Å². The highest BCUT2D eigenvalue weighted by atomic mass is 16.5. The van der Waals surface area contributed by atoms with Crippen LogP contribution in [0.5, 0.6) is 11.5 Å². The minimum absolute atomic E-state index is 0.0279. The molecule has 0 aliphatic carbocycles. The highest BCUT2D eigenvalue weighted by Crippen LogP contribution is 2.33. The van der Waals surface area contributed by atoms with E-state index >= 15 is 0 Å². The molecule has 3 aromatic carbocycles. The summed E-state index contributed by atoms with van der Waals surface area (Å²) in [6, 6.07) is 17.5. The summed E-state index contributed by atoms with van der Waals surface area (Å²) in [6.07, 6.45) is 0.971. The van der Waals surface area contributed by atoms with Crippen molar-refractivity contribution in [1.82, 2.24) is 10.2 Å². The van der Waals surface area contributed by atoms with E-state index in [1.165, 1.54) is 0 Å². The van der Waals surface area contributed by atoms with Crippen molar-refractivity contribution in [3.63, 3.8) is 0 Å². The van der Waals surface area contributed by atoms with Gasteiger partial charge in [-0.3, -0.25) is 9.59 Å². The predicted octanol–water partition coefficient (Wildman–Crippen LogP) is 4.13. The Morgan fingerprint density at radius 1 is 0.941 bits per heavy atom. The molecule has 1 atom stereocenters. The highest BCUT2D eigenvalue weighted by molar-refractivity contribution is 5.90. The van der Waals surface area contributed by atoms with Crippen LogP contribution in [0.2, 0.25) is 0 Å². The van der Waals surface area contributed by atoms with E-state index in [1.54, 1.807) is 14.2 Å². The van der Waals surface area contributed by atoms with E-state index in [0.29, 0.717) is 24.6 Å². The molecule has 1 aliphatic rings. The number of nitrogens with zero attached hydrogens (tertiary/aromatic N) is 1. The maximum Gasteiger partial charge on any atom is 0.245 e. The van der Waals surface area contributed by atoms with Crippen LogP contribution in [0.3, 0.4) is 0 Å². The molecule has 0 saturated heterocycles. The van der Waals surface area contributed by atoms with E-state index in [2.05, 4.69) is 11.4 Å². The summed E-state index contributed by atoms with van der Waals surface area (Å²) in [4.78, 5) is 28.2. The first-order valence-corrected chi connectivity index (χ1v) is 11.7. The predicted molar refractivity (Wildman–Crippen MR) is 133 cm³/mol.